The fraction of sp³-hybridized carbons (Fsp3) is 0.333. The van der Waals surface area contributed by atoms with E-state index in [2.05, 4.69) is 5.32 Å². The maximum atomic E-state index is 11.5. The maximum absolute atomic E-state index is 11.5. The van der Waals surface area contributed by atoms with Crippen molar-refractivity contribution < 1.29 is 14.7 Å². The van der Waals surface area contributed by atoms with Crippen LogP contribution < -0.4 is 5.32 Å². The topological polar surface area (TPSA) is 66.4 Å². The molecule has 1 aromatic rings. The molecule has 0 spiro atoms. The second kappa shape index (κ2) is 4.23. The second-order valence-electron chi connectivity index (χ2n) is 3.10. The number of nitrogens with one attached hydrogen (secondary N) is 1. The molecule has 14 heavy (non-hydrogen) atoms. The molecule has 1 amide bonds. The highest BCUT2D eigenvalue weighted by atomic mass is 32.1. The molecule has 0 aliphatic heterocycles. The average Bonchev–Trinajstić information content (AvgIpc) is 2.49. The number of aromatic carboxylic acids is 1. The number of carbonyl (C=O) groups is 2. The van der Waals surface area contributed by atoms with E-state index in [9.17, 15) is 9.59 Å². The van der Waals surface area contributed by atoms with Gasteiger partial charge >= 0.3 is 5.97 Å². The number of carboxylic acids is 1. The standard InChI is InChI=1S/C9H11NO3S/c1-5(2)10-8(11)6-3-4-14-7(6)9(12)13/h3-5H,1-2H3,(H,10,11)(H,12,13). The van der Waals surface area contributed by atoms with Crippen LogP contribution in [0.25, 0.3) is 0 Å². The molecule has 0 aromatic carbocycles. The number of thiophene rings is 1. The molecule has 0 aliphatic rings. The fourth-order valence-electron chi connectivity index (χ4n) is 0.994. The van der Waals surface area contributed by atoms with Crippen LogP contribution >= 0.6 is 11.3 Å². The Labute approximate surface area is 85.6 Å². The Morgan fingerprint density at radius 3 is 2.64 bits per heavy atom. The average molecular weight is 213 g/mol. The third-order valence-corrected chi connectivity index (χ3v) is 2.43. The third kappa shape index (κ3) is 2.32. The van der Waals surface area contributed by atoms with Gasteiger partial charge in [0.2, 0.25) is 0 Å². The van der Waals surface area contributed by atoms with Gasteiger partial charge in [-0.2, -0.15) is 0 Å². The van der Waals surface area contributed by atoms with E-state index in [1.165, 1.54) is 6.07 Å². The molecular weight excluding hydrogens is 202 g/mol. The summed E-state index contributed by atoms with van der Waals surface area (Å²) in [6, 6.07) is 1.52. The first kappa shape index (κ1) is 10.7. The summed E-state index contributed by atoms with van der Waals surface area (Å²) in [7, 11) is 0. The summed E-state index contributed by atoms with van der Waals surface area (Å²) in [6.45, 7) is 3.65. The van der Waals surface area contributed by atoms with Crippen molar-refractivity contribution in [1.82, 2.24) is 5.32 Å². The van der Waals surface area contributed by atoms with Crippen LogP contribution in [0.4, 0.5) is 0 Å². The van der Waals surface area contributed by atoms with Crippen molar-refractivity contribution >= 4 is 23.2 Å². The normalized spacial score (nSPS) is 10.2. The third-order valence-electron chi connectivity index (χ3n) is 1.52. The summed E-state index contributed by atoms with van der Waals surface area (Å²) in [4.78, 5) is 22.3. The summed E-state index contributed by atoms with van der Waals surface area (Å²) in [5.74, 6) is -1.40. The largest absolute Gasteiger partial charge is 0.477 e. The van der Waals surface area contributed by atoms with Crippen LogP contribution in [0.2, 0.25) is 0 Å². The fourth-order valence-corrected chi connectivity index (χ4v) is 1.72. The molecule has 0 fully saturated rings. The lowest BCUT2D eigenvalue weighted by molar-refractivity contribution is 0.0696. The quantitative estimate of drug-likeness (QED) is 0.801. The molecule has 2 N–H and O–H groups in total. The van der Waals surface area contributed by atoms with Crippen molar-refractivity contribution in [2.75, 3.05) is 0 Å². The van der Waals surface area contributed by atoms with E-state index in [1.807, 2.05) is 13.8 Å². The van der Waals surface area contributed by atoms with Crippen LogP contribution in [0.15, 0.2) is 11.4 Å². The van der Waals surface area contributed by atoms with Crippen molar-refractivity contribution in [3.05, 3.63) is 21.9 Å². The van der Waals surface area contributed by atoms with Crippen molar-refractivity contribution in [2.24, 2.45) is 0 Å². The number of hydrogen-bond donors (Lipinski definition) is 2. The second-order valence-corrected chi connectivity index (χ2v) is 4.01. The van der Waals surface area contributed by atoms with Crippen LogP contribution in [-0.2, 0) is 0 Å². The van der Waals surface area contributed by atoms with Crippen LogP contribution in [-0.4, -0.2) is 23.0 Å². The molecule has 0 saturated heterocycles. The predicted octanol–water partition coefficient (Wildman–Crippen LogP) is 1.58. The predicted molar refractivity (Wildman–Crippen MR) is 53.9 cm³/mol. The summed E-state index contributed by atoms with van der Waals surface area (Å²) in [5.41, 5.74) is 0.233. The Hall–Kier alpha value is -1.36. The summed E-state index contributed by atoms with van der Waals surface area (Å²) in [6.07, 6.45) is 0. The highest BCUT2D eigenvalue weighted by Gasteiger charge is 2.17. The number of carboxylic acid groups (broad SMARTS) is 1. The van der Waals surface area contributed by atoms with Gasteiger partial charge in [0.25, 0.3) is 5.91 Å². The molecule has 0 atom stereocenters. The monoisotopic (exact) mass is 213 g/mol. The highest BCUT2D eigenvalue weighted by molar-refractivity contribution is 7.12. The van der Waals surface area contributed by atoms with Crippen LogP contribution in [0.3, 0.4) is 0 Å². The van der Waals surface area contributed by atoms with Gasteiger partial charge in [-0.1, -0.05) is 0 Å². The minimum Gasteiger partial charge on any atom is -0.477 e. The van der Waals surface area contributed by atoms with Gasteiger partial charge in [-0.3, -0.25) is 4.79 Å². The number of amides is 1. The van der Waals surface area contributed by atoms with Crippen molar-refractivity contribution in [3.63, 3.8) is 0 Å². The van der Waals surface area contributed by atoms with Gasteiger partial charge in [0.05, 0.1) is 5.56 Å². The Morgan fingerprint density at radius 2 is 2.14 bits per heavy atom. The molecule has 0 bridgehead atoms. The number of rotatable bonds is 3. The van der Waals surface area contributed by atoms with E-state index in [1.54, 1.807) is 5.38 Å². The Kier molecular flexibility index (Phi) is 3.24. The van der Waals surface area contributed by atoms with E-state index < -0.39 is 5.97 Å². The van der Waals surface area contributed by atoms with Gasteiger partial charge in [0.1, 0.15) is 4.88 Å². The first-order chi connectivity index (χ1) is 6.52. The molecule has 1 aromatic heterocycles. The zero-order valence-corrected chi connectivity index (χ0v) is 8.72. The molecule has 0 radical (unpaired) electrons. The van der Waals surface area contributed by atoms with Gasteiger partial charge in [-0.15, -0.1) is 11.3 Å². The van der Waals surface area contributed by atoms with Gasteiger partial charge in [-0.25, -0.2) is 4.79 Å². The van der Waals surface area contributed by atoms with Crippen molar-refractivity contribution in [1.29, 1.82) is 0 Å². The molecule has 1 rings (SSSR count). The van der Waals surface area contributed by atoms with E-state index in [-0.39, 0.29) is 22.4 Å². The van der Waals surface area contributed by atoms with Gasteiger partial charge in [-0.05, 0) is 25.3 Å². The summed E-state index contributed by atoms with van der Waals surface area (Å²) >= 11 is 1.05. The number of carbonyl (C=O) groups excluding carboxylic acids is 1. The first-order valence-corrected chi connectivity index (χ1v) is 5.02. The summed E-state index contributed by atoms with van der Waals surface area (Å²) < 4.78 is 0. The lowest BCUT2D eigenvalue weighted by atomic mass is 10.2. The Balaban J connectivity index is 2.90. The molecule has 1 heterocycles. The van der Waals surface area contributed by atoms with Crippen LogP contribution in [0, 0.1) is 0 Å². The van der Waals surface area contributed by atoms with Gasteiger partial charge < -0.3 is 10.4 Å². The van der Waals surface area contributed by atoms with Gasteiger partial charge in [0, 0.05) is 6.04 Å². The van der Waals surface area contributed by atoms with Gasteiger partial charge in [0.15, 0.2) is 0 Å². The highest BCUT2D eigenvalue weighted by Crippen LogP contribution is 2.16. The minimum absolute atomic E-state index is 0.00375. The Morgan fingerprint density at radius 1 is 1.50 bits per heavy atom. The molecule has 0 unspecified atom stereocenters. The molecule has 0 saturated carbocycles. The van der Waals surface area contributed by atoms with E-state index in [4.69, 9.17) is 5.11 Å². The zero-order chi connectivity index (χ0) is 10.7. The molecule has 76 valence electrons. The number of hydrogen-bond acceptors (Lipinski definition) is 3. The lowest BCUT2D eigenvalue weighted by Crippen LogP contribution is -2.30. The molecule has 5 heteroatoms. The van der Waals surface area contributed by atoms with Crippen LogP contribution in [0.5, 0.6) is 0 Å². The smallest absolute Gasteiger partial charge is 0.346 e. The van der Waals surface area contributed by atoms with E-state index >= 15 is 0 Å². The van der Waals surface area contributed by atoms with Crippen molar-refractivity contribution in [3.8, 4) is 0 Å². The minimum atomic E-state index is -1.06. The maximum Gasteiger partial charge on any atom is 0.346 e. The van der Waals surface area contributed by atoms with E-state index in [0.717, 1.165) is 11.3 Å². The molecular formula is C9H11NO3S. The summed E-state index contributed by atoms with van der Waals surface area (Å²) in [5, 5.41) is 13.0. The molecule has 0 aliphatic carbocycles. The molecule has 4 nitrogen and oxygen atoms in total. The lowest BCUT2D eigenvalue weighted by Gasteiger charge is -2.07. The first-order valence-electron chi connectivity index (χ1n) is 4.14. The zero-order valence-electron chi connectivity index (χ0n) is 7.90. The van der Waals surface area contributed by atoms with Crippen molar-refractivity contribution in [2.45, 2.75) is 19.9 Å². The SMILES string of the molecule is CC(C)NC(=O)c1ccsc1C(=O)O. The Bertz CT molecular complexity index is 357. The van der Waals surface area contributed by atoms with Crippen LogP contribution in [0.1, 0.15) is 33.9 Å². The van der Waals surface area contributed by atoms with E-state index in [0.29, 0.717) is 0 Å².